The fourth-order valence-corrected chi connectivity index (χ4v) is 6.38. The van der Waals surface area contributed by atoms with Crippen molar-refractivity contribution in [3.05, 3.63) is 81.6 Å². The molecular weight excluding hydrogens is 573 g/mol. The SMILES string of the molecule is C=CC(=O)N1CC2COc3c(c4cc(Cl)c(-c5c(O)cccc5F)nc4n(-c4c(C)ccnc4C(C)C)c3=O)N2CC1C. The van der Waals surface area contributed by atoms with Gasteiger partial charge in [-0.2, -0.15) is 0 Å². The average molecular weight is 604 g/mol. The zero-order valence-corrected chi connectivity index (χ0v) is 25.0. The molecule has 0 saturated carbocycles. The number of carbonyl (C=O) groups excluding carboxylic acids is 1. The van der Waals surface area contributed by atoms with Gasteiger partial charge in [0.1, 0.15) is 18.2 Å². The van der Waals surface area contributed by atoms with E-state index in [1.165, 1.54) is 28.8 Å². The second kappa shape index (κ2) is 10.7. The van der Waals surface area contributed by atoms with Gasteiger partial charge in [0.05, 0.1) is 39.4 Å². The van der Waals surface area contributed by atoms with Crippen LogP contribution in [0.2, 0.25) is 5.02 Å². The third-order valence-corrected chi connectivity index (χ3v) is 8.48. The van der Waals surface area contributed by atoms with Gasteiger partial charge in [-0.25, -0.2) is 9.37 Å². The molecule has 4 aromatic rings. The standard InChI is InChI=1S/C32H31ClFN5O4/c1-6-24(41)37-14-19-15-43-30-29(38(19)13-18(37)5)20-12-21(33)27(25-22(34)8-7-9-23(25)40)36-31(20)39(32(30)42)28-17(4)10-11-35-26(28)16(2)3/h6-12,16,18-19,40H,1,13-15H2,2-5H3. The minimum atomic E-state index is -0.707. The van der Waals surface area contributed by atoms with Gasteiger partial charge in [-0.1, -0.05) is 38.1 Å². The predicted molar refractivity (Wildman–Crippen MR) is 164 cm³/mol. The number of aromatic hydroxyl groups is 1. The highest BCUT2D eigenvalue weighted by atomic mass is 35.5. The van der Waals surface area contributed by atoms with E-state index in [-0.39, 0.29) is 63.9 Å². The Morgan fingerprint density at radius 2 is 2.02 bits per heavy atom. The Kier molecular flexibility index (Phi) is 7.12. The fourth-order valence-electron chi connectivity index (χ4n) is 6.13. The smallest absolute Gasteiger partial charge is 0.301 e. The topological polar surface area (TPSA) is 101 Å². The summed E-state index contributed by atoms with van der Waals surface area (Å²) in [6.07, 6.45) is 2.99. The van der Waals surface area contributed by atoms with Gasteiger partial charge >= 0.3 is 5.56 Å². The van der Waals surface area contributed by atoms with Crippen LogP contribution in [0.1, 0.15) is 37.9 Å². The molecule has 1 amide bonds. The molecule has 11 heteroatoms. The minimum absolute atomic E-state index is 0.00597. The molecule has 2 unspecified atom stereocenters. The normalized spacial score (nSPS) is 17.9. The lowest BCUT2D eigenvalue weighted by Gasteiger charge is -2.48. The van der Waals surface area contributed by atoms with Crippen molar-refractivity contribution in [2.24, 2.45) is 0 Å². The predicted octanol–water partition coefficient (Wildman–Crippen LogP) is 5.36. The number of piperazine rings is 1. The van der Waals surface area contributed by atoms with E-state index in [1.54, 1.807) is 17.2 Å². The summed E-state index contributed by atoms with van der Waals surface area (Å²) < 4.78 is 22.8. The monoisotopic (exact) mass is 603 g/mol. The molecule has 0 radical (unpaired) electrons. The number of anilines is 1. The largest absolute Gasteiger partial charge is 0.507 e. The van der Waals surface area contributed by atoms with E-state index in [0.29, 0.717) is 35.5 Å². The van der Waals surface area contributed by atoms with Crippen LogP contribution in [0.15, 0.2) is 54.0 Å². The number of benzene rings is 1. The molecule has 2 aliphatic rings. The molecule has 0 bridgehead atoms. The van der Waals surface area contributed by atoms with Crippen LogP contribution < -0.4 is 15.2 Å². The Bertz CT molecular complexity index is 1850. The zero-order chi connectivity index (χ0) is 30.7. The van der Waals surface area contributed by atoms with Crippen molar-refractivity contribution in [1.82, 2.24) is 19.4 Å². The number of aryl methyl sites for hydroxylation is 1. The first-order valence-corrected chi connectivity index (χ1v) is 14.5. The van der Waals surface area contributed by atoms with Crippen molar-refractivity contribution >= 4 is 34.2 Å². The van der Waals surface area contributed by atoms with Crippen LogP contribution in [0.3, 0.4) is 0 Å². The molecule has 0 aliphatic carbocycles. The summed E-state index contributed by atoms with van der Waals surface area (Å²) in [7, 11) is 0. The van der Waals surface area contributed by atoms with Crippen LogP contribution >= 0.6 is 11.6 Å². The lowest BCUT2D eigenvalue weighted by atomic mass is 10.0. The maximum atomic E-state index is 15.1. The van der Waals surface area contributed by atoms with Crippen LogP contribution in [0.4, 0.5) is 10.1 Å². The molecule has 43 heavy (non-hydrogen) atoms. The molecule has 2 atom stereocenters. The number of pyridine rings is 3. The van der Waals surface area contributed by atoms with Crippen molar-refractivity contribution in [1.29, 1.82) is 0 Å². The molecular formula is C32H31ClFN5O4. The van der Waals surface area contributed by atoms with Crippen molar-refractivity contribution in [3.63, 3.8) is 0 Å². The highest BCUT2D eigenvalue weighted by Gasteiger charge is 2.41. The molecule has 0 spiro atoms. The Morgan fingerprint density at radius 3 is 2.72 bits per heavy atom. The van der Waals surface area contributed by atoms with E-state index in [9.17, 15) is 14.7 Å². The molecule has 3 aromatic heterocycles. The van der Waals surface area contributed by atoms with Gasteiger partial charge in [0.15, 0.2) is 5.65 Å². The number of carbonyl (C=O) groups is 1. The van der Waals surface area contributed by atoms with Crippen molar-refractivity contribution in [3.8, 4) is 28.4 Å². The minimum Gasteiger partial charge on any atom is -0.507 e. The van der Waals surface area contributed by atoms with E-state index < -0.39 is 11.4 Å². The van der Waals surface area contributed by atoms with E-state index in [2.05, 4.69) is 16.5 Å². The molecule has 1 saturated heterocycles. The van der Waals surface area contributed by atoms with Gasteiger partial charge in [0.25, 0.3) is 0 Å². The third kappa shape index (κ3) is 4.52. The maximum Gasteiger partial charge on any atom is 0.301 e. The lowest BCUT2D eigenvalue weighted by molar-refractivity contribution is -0.129. The van der Waals surface area contributed by atoms with Gasteiger partial charge < -0.3 is 19.6 Å². The van der Waals surface area contributed by atoms with Crippen molar-refractivity contribution in [2.75, 3.05) is 24.6 Å². The number of phenolic OH excluding ortho intramolecular Hbond substituents is 1. The average Bonchev–Trinajstić information content (AvgIpc) is 2.97. The highest BCUT2D eigenvalue weighted by molar-refractivity contribution is 6.34. The molecule has 2 aliphatic heterocycles. The van der Waals surface area contributed by atoms with Crippen LogP contribution in [0.25, 0.3) is 28.0 Å². The van der Waals surface area contributed by atoms with Crippen molar-refractivity contribution in [2.45, 2.75) is 45.7 Å². The number of ether oxygens (including phenoxy) is 1. The summed E-state index contributed by atoms with van der Waals surface area (Å²) in [6, 6.07) is 6.97. The van der Waals surface area contributed by atoms with Crippen LogP contribution in [-0.2, 0) is 4.79 Å². The van der Waals surface area contributed by atoms with Gasteiger partial charge in [-0.15, -0.1) is 0 Å². The number of hydrogen-bond donors (Lipinski definition) is 1. The quantitative estimate of drug-likeness (QED) is 0.313. The molecule has 1 N–H and O–H groups in total. The van der Waals surface area contributed by atoms with E-state index >= 15 is 4.39 Å². The number of aromatic nitrogens is 3. The van der Waals surface area contributed by atoms with Crippen molar-refractivity contribution < 1.29 is 19.0 Å². The highest BCUT2D eigenvalue weighted by Crippen LogP contribution is 2.44. The summed E-state index contributed by atoms with van der Waals surface area (Å²) in [5, 5.41) is 11.2. The van der Waals surface area contributed by atoms with Crippen LogP contribution in [0, 0.1) is 12.7 Å². The molecule has 6 rings (SSSR count). The maximum absolute atomic E-state index is 15.1. The Labute approximate surface area is 252 Å². The fraction of sp³-hybridized carbons (Fsp3) is 0.312. The van der Waals surface area contributed by atoms with Gasteiger partial charge in [0.2, 0.25) is 11.7 Å². The molecule has 222 valence electrons. The molecule has 5 heterocycles. The first-order chi connectivity index (χ1) is 20.5. The summed E-state index contributed by atoms with van der Waals surface area (Å²) in [5.74, 6) is -1.12. The second-order valence-electron chi connectivity index (χ2n) is 11.3. The van der Waals surface area contributed by atoms with Crippen LogP contribution in [-0.4, -0.2) is 62.2 Å². The number of hydrogen-bond acceptors (Lipinski definition) is 7. The van der Waals surface area contributed by atoms with E-state index in [0.717, 1.165) is 5.56 Å². The van der Waals surface area contributed by atoms with Gasteiger partial charge in [-0.05, 0) is 55.7 Å². The van der Waals surface area contributed by atoms with Gasteiger partial charge in [-0.3, -0.25) is 19.1 Å². The Hall–Kier alpha value is -4.44. The number of amides is 1. The van der Waals surface area contributed by atoms with E-state index in [1.807, 2.05) is 33.8 Å². The molecule has 9 nitrogen and oxygen atoms in total. The Balaban J connectivity index is 1.70. The zero-order valence-electron chi connectivity index (χ0n) is 24.3. The summed E-state index contributed by atoms with van der Waals surface area (Å²) in [4.78, 5) is 40.3. The first-order valence-electron chi connectivity index (χ1n) is 14.1. The summed E-state index contributed by atoms with van der Waals surface area (Å²) in [6.45, 7) is 12.4. The lowest BCUT2D eigenvalue weighted by Crippen LogP contribution is -2.62. The number of halogens is 2. The number of fused-ring (bicyclic) bond motifs is 5. The summed E-state index contributed by atoms with van der Waals surface area (Å²) >= 11 is 6.80. The number of nitrogens with zero attached hydrogens (tertiary/aromatic N) is 5. The van der Waals surface area contributed by atoms with Crippen LogP contribution in [0.5, 0.6) is 11.5 Å². The number of rotatable bonds is 4. The van der Waals surface area contributed by atoms with Gasteiger partial charge in [0, 0.05) is 30.7 Å². The molecule has 1 fully saturated rings. The molecule has 1 aromatic carbocycles. The first kappa shape index (κ1) is 28.7. The second-order valence-corrected chi connectivity index (χ2v) is 11.7. The summed E-state index contributed by atoms with van der Waals surface area (Å²) in [5.41, 5.74) is 2.11. The number of phenols is 1. The van der Waals surface area contributed by atoms with E-state index in [4.69, 9.17) is 21.3 Å². The third-order valence-electron chi connectivity index (χ3n) is 8.19. The Morgan fingerprint density at radius 1 is 1.26 bits per heavy atom.